The Bertz CT molecular complexity index is 1600. The molecule has 3 aromatic carbocycles. The Morgan fingerprint density at radius 3 is 2.22 bits per heavy atom. The van der Waals surface area contributed by atoms with Crippen LogP contribution in [0.3, 0.4) is 0 Å². The van der Waals surface area contributed by atoms with E-state index in [1.165, 1.54) is 4.68 Å². The van der Waals surface area contributed by atoms with Gasteiger partial charge in [0.05, 0.1) is 31.0 Å². The van der Waals surface area contributed by atoms with E-state index in [0.29, 0.717) is 55.7 Å². The van der Waals surface area contributed by atoms with Crippen LogP contribution in [0.5, 0.6) is 11.5 Å². The molecule has 0 unspecified atom stereocenters. The van der Waals surface area contributed by atoms with Crippen LogP contribution < -0.4 is 9.47 Å². The number of amides is 1. The van der Waals surface area contributed by atoms with E-state index in [-0.39, 0.29) is 31.8 Å². The molecule has 4 aromatic rings. The molecular formula is C30H27N5O6. The molecule has 1 aromatic heterocycles. The Kier molecular flexibility index (Phi) is 6.72. The largest absolute Gasteiger partial charge is 0.467 e. The normalized spacial score (nSPS) is 16.9. The van der Waals surface area contributed by atoms with Gasteiger partial charge >= 0.3 is 6.03 Å². The first-order chi connectivity index (χ1) is 20.2. The SMILES string of the molecule is N#Cc1ccc2nnn(C(=O)N3CCC(OC(c4ccc5c(c4)COCO5)c4ccc5c(c4)COCO5)CC3)c2c1. The van der Waals surface area contributed by atoms with Crippen molar-refractivity contribution in [1.29, 1.82) is 5.26 Å². The molecule has 7 rings (SSSR count). The van der Waals surface area contributed by atoms with Crippen LogP contribution in [0.15, 0.2) is 54.6 Å². The molecule has 1 amide bonds. The van der Waals surface area contributed by atoms with Crippen LogP contribution in [0.25, 0.3) is 11.0 Å². The summed E-state index contributed by atoms with van der Waals surface area (Å²) in [5, 5.41) is 17.4. The number of nitrogens with zero attached hydrogens (tertiary/aromatic N) is 5. The predicted molar refractivity (Wildman–Crippen MR) is 144 cm³/mol. The topological polar surface area (TPSA) is 121 Å². The van der Waals surface area contributed by atoms with Crippen molar-refractivity contribution in [3.8, 4) is 17.6 Å². The molecule has 0 atom stereocenters. The van der Waals surface area contributed by atoms with Crippen LogP contribution in [0.4, 0.5) is 4.79 Å². The number of piperidine rings is 1. The molecule has 11 heteroatoms. The number of rotatable bonds is 4. The Morgan fingerprint density at radius 1 is 0.927 bits per heavy atom. The molecule has 4 heterocycles. The number of benzene rings is 3. The van der Waals surface area contributed by atoms with E-state index in [1.807, 2.05) is 24.3 Å². The minimum absolute atomic E-state index is 0.0752. The van der Waals surface area contributed by atoms with E-state index in [1.54, 1.807) is 23.1 Å². The van der Waals surface area contributed by atoms with Gasteiger partial charge in [0.25, 0.3) is 0 Å². The minimum Gasteiger partial charge on any atom is -0.467 e. The average molecular weight is 554 g/mol. The van der Waals surface area contributed by atoms with Gasteiger partial charge in [0.15, 0.2) is 13.6 Å². The van der Waals surface area contributed by atoms with E-state index in [4.69, 9.17) is 23.7 Å². The number of ether oxygens (including phenoxy) is 5. The maximum absolute atomic E-state index is 13.3. The Balaban J connectivity index is 1.11. The van der Waals surface area contributed by atoms with Crippen LogP contribution in [0.2, 0.25) is 0 Å². The Hall–Kier alpha value is -4.50. The first-order valence-electron chi connectivity index (χ1n) is 13.5. The molecular weight excluding hydrogens is 526 g/mol. The van der Waals surface area contributed by atoms with Crippen LogP contribution in [-0.4, -0.2) is 58.7 Å². The zero-order valence-electron chi connectivity index (χ0n) is 22.2. The van der Waals surface area contributed by atoms with Crippen LogP contribution in [0, 0.1) is 11.3 Å². The van der Waals surface area contributed by atoms with Crippen molar-refractivity contribution in [3.63, 3.8) is 0 Å². The lowest BCUT2D eigenvalue weighted by atomic mass is 9.96. The second-order valence-corrected chi connectivity index (χ2v) is 10.3. The van der Waals surface area contributed by atoms with Gasteiger partial charge in [-0.15, -0.1) is 5.10 Å². The van der Waals surface area contributed by atoms with Gasteiger partial charge in [0.1, 0.15) is 28.6 Å². The highest BCUT2D eigenvalue weighted by atomic mass is 16.7. The standard InChI is InChI=1S/C30H27N5O6/c31-14-19-1-4-25-26(11-19)35(33-32-25)30(36)34-9-7-24(8-10-34)41-29(20-2-5-27-22(12-20)15-37-17-39-27)21-3-6-28-23(13-21)16-38-18-40-28/h1-6,11-13,24,29H,7-10,15-18H2. The second-order valence-electron chi connectivity index (χ2n) is 10.3. The number of nitriles is 1. The number of carbonyl (C=O) groups is 1. The van der Waals surface area contributed by atoms with E-state index < -0.39 is 0 Å². The summed E-state index contributed by atoms with van der Waals surface area (Å²) in [4.78, 5) is 15.1. The smallest absolute Gasteiger partial charge is 0.346 e. The van der Waals surface area contributed by atoms with Crippen molar-refractivity contribution in [2.24, 2.45) is 0 Å². The van der Waals surface area contributed by atoms with E-state index >= 15 is 0 Å². The van der Waals surface area contributed by atoms with Gasteiger partial charge in [-0.3, -0.25) is 0 Å². The van der Waals surface area contributed by atoms with Crippen molar-refractivity contribution in [3.05, 3.63) is 82.4 Å². The maximum Gasteiger partial charge on any atom is 0.346 e. The van der Waals surface area contributed by atoms with Gasteiger partial charge < -0.3 is 28.6 Å². The highest BCUT2D eigenvalue weighted by Gasteiger charge is 2.30. The molecule has 11 nitrogen and oxygen atoms in total. The minimum atomic E-state index is -0.342. The van der Waals surface area contributed by atoms with Gasteiger partial charge in [-0.05, 0) is 66.4 Å². The van der Waals surface area contributed by atoms with Gasteiger partial charge in [0.2, 0.25) is 0 Å². The molecule has 0 bridgehead atoms. The predicted octanol–water partition coefficient (Wildman–Crippen LogP) is 4.27. The molecule has 0 aliphatic carbocycles. The van der Waals surface area contributed by atoms with Crippen molar-refractivity contribution in [2.75, 3.05) is 26.7 Å². The lowest BCUT2D eigenvalue weighted by molar-refractivity contribution is -0.0247. The summed E-state index contributed by atoms with van der Waals surface area (Å²) >= 11 is 0. The third-order valence-corrected chi connectivity index (χ3v) is 7.68. The Labute approximate surface area is 235 Å². The fraction of sp³-hybridized carbons (Fsp3) is 0.333. The first kappa shape index (κ1) is 25.5. The molecule has 0 N–H and O–H groups in total. The third kappa shape index (κ3) is 4.97. The van der Waals surface area contributed by atoms with Crippen molar-refractivity contribution < 1.29 is 28.5 Å². The highest BCUT2D eigenvalue weighted by Crippen LogP contribution is 2.36. The molecule has 0 spiro atoms. The zero-order chi connectivity index (χ0) is 27.8. The van der Waals surface area contributed by atoms with Crippen molar-refractivity contribution >= 4 is 17.1 Å². The number of fused-ring (bicyclic) bond motifs is 3. The van der Waals surface area contributed by atoms with Crippen LogP contribution in [0.1, 0.15) is 46.8 Å². The van der Waals surface area contributed by atoms with E-state index in [0.717, 1.165) is 33.8 Å². The van der Waals surface area contributed by atoms with Crippen molar-refractivity contribution in [1.82, 2.24) is 19.9 Å². The lowest BCUT2D eigenvalue weighted by Crippen LogP contribution is -2.43. The summed E-state index contributed by atoms with van der Waals surface area (Å²) in [7, 11) is 0. The van der Waals surface area contributed by atoms with Gasteiger partial charge in [-0.25, -0.2) is 4.79 Å². The third-order valence-electron chi connectivity index (χ3n) is 7.68. The van der Waals surface area contributed by atoms with Crippen LogP contribution in [-0.2, 0) is 27.4 Å². The number of hydrogen-bond donors (Lipinski definition) is 0. The lowest BCUT2D eigenvalue weighted by Gasteiger charge is -2.34. The maximum atomic E-state index is 13.3. The molecule has 1 fully saturated rings. The van der Waals surface area contributed by atoms with Gasteiger partial charge in [-0.2, -0.15) is 9.94 Å². The zero-order valence-corrected chi connectivity index (χ0v) is 22.2. The summed E-state index contributed by atoms with van der Waals surface area (Å²) in [6, 6.07) is 19.0. The summed E-state index contributed by atoms with van der Waals surface area (Å²) in [6.07, 6.45) is 0.901. The second kappa shape index (κ2) is 10.8. The van der Waals surface area contributed by atoms with E-state index in [2.05, 4.69) is 28.5 Å². The number of likely N-dealkylation sites (tertiary alicyclic amines) is 1. The molecule has 1 saturated heterocycles. The highest BCUT2D eigenvalue weighted by molar-refractivity contribution is 5.88. The summed E-state index contributed by atoms with van der Waals surface area (Å²) in [6.45, 7) is 2.47. The summed E-state index contributed by atoms with van der Waals surface area (Å²) in [5.41, 5.74) is 5.49. The number of aromatic nitrogens is 3. The fourth-order valence-corrected chi connectivity index (χ4v) is 5.53. The van der Waals surface area contributed by atoms with Crippen molar-refractivity contribution in [2.45, 2.75) is 38.3 Å². The summed E-state index contributed by atoms with van der Waals surface area (Å²) < 4.78 is 30.3. The Morgan fingerprint density at radius 2 is 1.59 bits per heavy atom. The number of hydrogen-bond acceptors (Lipinski definition) is 9. The molecule has 0 radical (unpaired) electrons. The van der Waals surface area contributed by atoms with E-state index in [9.17, 15) is 10.1 Å². The monoisotopic (exact) mass is 553 g/mol. The molecule has 41 heavy (non-hydrogen) atoms. The summed E-state index contributed by atoms with van der Waals surface area (Å²) in [5.74, 6) is 1.64. The first-order valence-corrected chi connectivity index (χ1v) is 13.5. The molecule has 3 aliphatic rings. The van der Waals surface area contributed by atoms with Crippen LogP contribution >= 0.6 is 0 Å². The molecule has 3 aliphatic heterocycles. The number of carbonyl (C=O) groups excluding carboxylic acids is 1. The average Bonchev–Trinajstić information content (AvgIpc) is 3.46. The van der Waals surface area contributed by atoms with Gasteiger partial charge in [0, 0.05) is 24.2 Å². The fourth-order valence-electron chi connectivity index (χ4n) is 5.53. The molecule has 208 valence electrons. The molecule has 0 saturated carbocycles. The quantitative estimate of drug-likeness (QED) is 0.365. The van der Waals surface area contributed by atoms with Gasteiger partial charge in [-0.1, -0.05) is 17.3 Å².